The van der Waals surface area contributed by atoms with Gasteiger partial charge in [0.1, 0.15) is 0 Å². The average molecular weight is 252 g/mol. The fourth-order valence-electron chi connectivity index (χ4n) is 1.36. The third-order valence-corrected chi connectivity index (χ3v) is 2.39. The van der Waals surface area contributed by atoms with Gasteiger partial charge in [0.25, 0.3) is 0 Å². The summed E-state index contributed by atoms with van der Waals surface area (Å²) in [7, 11) is 0. The number of rotatable bonds is 2. The summed E-state index contributed by atoms with van der Waals surface area (Å²) in [4.78, 5) is 22.4. The number of carbonyl (C=O) groups is 2. The van der Waals surface area contributed by atoms with Crippen LogP contribution in [-0.2, 0) is 4.79 Å². The first-order valence-electron chi connectivity index (χ1n) is 4.95. The highest BCUT2D eigenvalue weighted by Crippen LogP contribution is 2.13. The van der Waals surface area contributed by atoms with Crippen molar-refractivity contribution in [3.05, 3.63) is 41.1 Å². The normalized spacial score (nSPS) is 13.9. The van der Waals surface area contributed by atoms with Crippen LogP contribution in [0.3, 0.4) is 0 Å². The fraction of sp³-hybridized carbons (Fsp3) is 0.0909. The number of nitrogens with one attached hydrogen (secondary N) is 3. The van der Waals surface area contributed by atoms with E-state index in [9.17, 15) is 9.59 Å². The molecule has 1 aromatic rings. The van der Waals surface area contributed by atoms with Gasteiger partial charge in [-0.3, -0.25) is 4.79 Å². The van der Waals surface area contributed by atoms with Crippen molar-refractivity contribution in [2.24, 2.45) is 0 Å². The number of urea groups is 1. The lowest BCUT2D eigenvalue weighted by Gasteiger charge is -2.07. The van der Waals surface area contributed by atoms with Gasteiger partial charge in [0.15, 0.2) is 0 Å². The van der Waals surface area contributed by atoms with E-state index in [1.165, 1.54) is 6.08 Å². The highest BCUT2D eigenvalue weighted by molar-refractivity contribution is 6.30. The molecule has 1 aliphatic rings. The molecule has 1 heterocycles. The molecule has 0 atom stereocenters. The molecule has 88 valence electrons. The second kappa shape index (κ2) is 4.88. The van der Waals surface area contributed by atoms with Crippen LogP contribution in [0.25, 0.3) is 0 Å². The molecule has 0 aliphatic carbocycles. The molecule has 0 fully saturated rings. The first kappa shape index (κ1) is 11.5. The molecule has 1 aromatic carbocycles. The summed E-state index contributed by atoms with van der Waals surface area (Å²) in [5.41, 5.74) is 1.17. The predicted octanol–water partition coefficient (Wildman–Crippen LogP) is 1.48. The van der Waals surface area contributed by atoms with Gasteiger partial charge in [-0.05, 0) is 24.3 Å². The second-order valence-corrected chi connectivity index (χ2v) is 3.91. The molecule has 2 rings (SSSR count). The van der Waals surface area contributed by atoms with Crippen LogP contribution in [0.15, 0.2) is 36.0 Å². The van der Waals surface area contributed by atoms with Gasteiger partial charge in [0.05, 0.1) is 6.54 Å². The van der Waals surface area contributed by atoms with E-state index >= 15 is 0 Å². The summed E-state index contributed by atoms with van der Waals surface area (Å²) in [6.45, 7) is 0.340. The molecule has 0 radical (unpaired) electrons. The Bertz CT molecular complexity index is 482. The Kier molecular flexibility index (Phi) is 3.30. The van der Waals surface area contributed by atoms with E-state index in [1.807, 2.05) is 0 Å². The molecule has 0 spiro atoms. The van der Waals surface area contributed by atoms with Gasteiger partial charge < -0.3 is 16.0 Å². The molecule has 6 heteroatoms. The molecule has 1 aliphatic heterocycles. The third-order valence-electron chi connectivity index (χ3n) is 2.13. The van der Waals surface area contributed by atoms with E-state index < -0.39 is 6.03 Å². The van der Waals surface area contributed by atoms with E-state index in [0.717, 1.165) is 0 Å². The highest BCUT2D eigenvalue weighted by atomic mass is 35.5. The number of amides is 3. The molecule has 0 aromatic heterocycles. The van der Waals surface area contributed by atoms with Gasteiger partial charge in [-0.1, -0.05) is 11.6 Å². The molecular formula is C11H10ClN3O2. The third kappa shape index (κ3) is 3.22. The smallest absolute Gasteiger partial charge is 0.323 e. The zero-order chi connectivity index (χ0) is 12.3. The van der Waals surface area contributed by atoms with Gasteiger partial charge in [0.2, 0.25) is 5.91 Å². The van der Waals surface area contributed by atoms with Gasteiger partial charge in [0, 0.05) is 22.5 Å². The molecule has 3 amide bonds. The van der Waals surface area contributed by atoms with Crippen molar-refractivity contribution in [2.75, 3.05) is 11.9 Å². The Morgan fingerprint density at radius 2 is 1.94 bits per heavy atom. The van der Waals surface area contributed by atoms with E-state index in [2.05, 4.69) is 16.0 Å². The summed E-state index contributed by atoms with van der Waals surface area (Å²) in [6.07, 6.45) is 1.35. The Morgan fingerprint density at radius 1 is 1.24 bits per heavy atom. The van der Waals surface area contributed by atoms with Crippen LogP contribution in [0.1, 0.15) is 0 Å². The standard InChI is InChI=1S/C11H10ClN3O2/c12-7-1-3-8(4-2-7)14-11(17)15-9-5-10(16)13-6-9/h1-5H,6H2,(H,13,16)(H2,14,15,17). The van der Waals surface area contributed by atoms with Crippen molar-refractivity contribution in [3.8, 4) is 0 Å². The van der Waals surface area contributed by atoms with Crippen molar-refractivity contribution in [1.29, 1.82) is 0 Å². The van der Waals surface area contributed by atoms with Crippen LogP contribution in [0, 0.1) is 0 Å². The molecule has 0 unspecified atom stereocenters. The quantitative estimate of drug-likeness (QED) is 0.745. The molecule has 5 nitrogen and oxygen atoms in total. The fourth-order valence-corrected chi connectivity index (χ4v) is 1.49. The Hall–Kier alpha value is -2.01. The summed E-state index contributed by atoms with van der Waals surface area (Å²) in [5.74, 6) is -0.202. The summed E-state index contributed by atoms with van der Waals surface area (Å²) in [5, 5.41) is 8.35. The van der Waals surface area contributed by atoms with E-state index in [1.54, 1.807) is 24.3 Å². The Labute approximate surface area is 103 Å². The van der Waals surface area contributed by atoms with Crippen LogP contribution in [0.5, 0.6) is 0 Å². The maximum absolute atomic E-state index is 11.5. The van der Waals surface area contributed by atoms with Crippen LogP contribution < -0.4 is 16.0 Å². The maximum atomic E-state index is 11.5. The number of carbonyl (C=O) groups excluding carboxylic acids is 2. The maximum Gasteiger partial charge on any atom is 0.323 e. The predicted molar refractivity (Wildman–Crippen MR) is 64.7 cm³/mol. The van der Waals surface area contributed by atoms with E-state index in [-0.39, 0.29) is 5.91 Å². The minimum absolute atomic E-state index is 0.202. The van der Waals surface area contributed by atoms with Gasteiger partial charge in [-0.25, -0.2) is 4.79 Å². The summed E-state index contributed by atoms with van der Waals surface area (Å²) >= 11 is 5.72. The molecule has 0 saturated carbocycles. The number of halogens is 1. The molecule has 17 heavy (non-hydrogen) atoms. The lowest BCUT2D eigenvalue weighted by molar-refractivity contribution is -0.115. The summed E-state index contributed by atoms with van der Waals surface area (Å²) < 4.78 is 0. The minimum Gasteiger partial charge on any atom is -0.347 e. The molecule has 3 N–H and O–H groups in total. The van der Waals surface area contributed by atoms with Crippen molar-refractivity contribution < 1.29 is 9.59 Å². The first-order valence-corrected chi connectivity index (χ1v) is 5.33. The lowest BCUT2D eigenvalue weighted by atomic mass is 10.3. The van der Waals surface area contributed by atoms with Crippen LogP contribution >= 0.6 is 11.6 Å². The molecule has 0 bridgehead atoms. The van der Waals surface area contributed by atoms with E-state index in [0.29, 0.717) is 23.0 Å². The van der Waals surface area contributed by atoms with Gasteiger partial charge >= 0.3 is 6.03 Å². The van der Waals surface area contributed by atoms with Crippen LogP contribution in [-0.4, -0.2) is 18.5 Å². The number of hydrogen-bond donors (Lipinski definition) is 3. The molecular weight excluding hydrogens is 242 g/mol. The van der Waals surface area contributed by atoms with E-state index in [4.69, 9.17) is 11.6 Å². The zero-order valence-corrected chi connectivity index (χ0v) is 9.54. The largest absolute Gasteiger partial charge is 0.347 e. The second-order valence-electron chi connectivity index (χ2n) is 3.47. The molecule has 0 saturated heterocycles. The average Bonchev–Trinajstić information content (AvgIpc) is 2.67. The van der Waals surface area contributed by atoms with Crippen molar-refractivity contribution >= 4 is 29.2 Å². The van der Waals surface area contributed by atoms with Gasteiger partial charge in [-0.15, -0.1) is 0 Å². The topological polar surface area (TPSA) is 70.2 Å². The highest BCUT2D eigenvalue weighted by Gasteiger charge is 2.12. The Morgan fingerprint density at radius 3 is 2.53 bits per heavy atom. The van der Waals surface area contributed by atoms with Crippen LogP contribution in [0.4, 0.5) is 10.5 Å². The summed E-state index contributed by atoms with van der Waals surface area (Å²) in [6, 6.07) is 6.34. The lowest BCUT2D eigenvalue weighted by Crippen LogP contribution is -2.30. The van der Waals surface area contributed by atoms with Crippen molar-refractivity contribution in [3.63, 3.8) is 0 Å². The van der Waals surface area contributed by atoms with Crippen molar-refractivity contribution in [2.45, 2.75) is 0 Å². The van der Waals surface area contributed by atoms with Gasteiger partial charge in [-0.2, -0.15) is 0 Å². The monoisotopic (exact) mass is 251 g/mol. The first-order chi connectivity index (χ1) is 8.13. The Balaban J connectivity index is 1.91. The SMILES string of the molecule is O=C1C=C(NC(=O)Nc2ccc(Cl)cc2)CN1. The number of benzene rings is 1. The zero-order valence-electron chi connectivity index (χ0n) is 8.79. The van der Waals surface area contributed by atoms with Crippen molar-refractivity contribution in [1.82, 2.24) is 10.6 Å². The minimum atomic E-state index is -0.393. The number of anilines is 1. The number of hydrogen-bond acceptors (Lipinski definition) is 2. The van der Waals surface area contributed by atoms with Crippen LogP contribution in [0.2, 0.25) is 5.02 Å².